The summed E-state index contributed by atoms with van der Waals surface area (Å²) in [7, 11) is 0. The maximum absolute atomic E-state index is 12.5. The van der Waals surface area contributed by atoms with E-state index in [2.05, 4.69) is 26.2 Å². The van der Waals surface area contributed by atoms with Gasteiger partial charge in [-0.15, -0.1) is 0 Å². The zero-order chi connectivity index (χ0) is 20.3. The number of imidazole rings is 1. The number of non-ortho nitro benzene ring substituents is 1. The summed E-state index contributed by atoms with van der Waals surface area (Å²) < 4.78 is 2.86. The van der Waals surface area contributed by atoms with Gasteiger partial charge in [0.2, 0.25) is 5.91 Å². The van der Waals surface area contributed by atoms with Gasteiger partial charge in [-0.1, -0.05) is 39.3 Å². The van der Waals surface area contributed by atoms with Gasteiger partial charge >= 0.3 is 0 Å². The highest BCUT2D eigenvalue weighted by molar-refractivity contribution is 9.10. The second kappa shape index (κ2) is 8.76. The van der Waals surface area contributed by atoms with Gasteiger partial charge in [0.25, 0.3) is 5.69 Å². The van der Waals surface area contributed by atoms with E-state index in [0.717, 1.165) is 10.2 Å². The molecule has 1 unspecified atom stereocenters. The Morgan fingerprint density at radius 2 is 2.04 bits per heavy atom. The van der Waals surface area contributed by atoms with Crippen LogP contribution in [0.25, 0.3) is 5.69 Å². The minimum Gasteiger partial charge on any atom is -0.324 e. The van der Waals surface area contributed by atoms with Gasteiger partial charge < -0.3 is 5.32 Å². The van der Waals surface area contributed by atoms with E-state index in [9.17, 15) is 14.9 Å². The van der Waals surface area contributed by atoms with Gasteiger partial charge in [-0.05, 0) is 37.3 Å². The lowest BCUT2D eigenvalue weighted by Gasteiger charge is -2.14. The van der Waals surface area contributed by atoms with Crippen molar-refractivity contribution in [1.29, 1.82) is 0 Å². The number of carbonyl (C=O) groups excluding carboxylic acids is 1. The van der Waals surface area contributed by atoms with Crippen LogP contribution in [0.5, 0.6) is 0 Å². The number of hydrogen-bond acceptors (Lipinski definition) is 5. The van der Waals surface area contributed by atoms with Crippen LogP contribution in [0.1, 0.15) is 6.92 Å². The highest BCUT2D eigenvalue weighted by atomic mass is 79.9. The Hall–Kier alpha value is -2.36. The van der Waals surface area contributed by atoms with E-state index in [1.165, 1.54) is 30.0 Å². The van der Waals surface area contributed by atoms with E-state index in [1.54, 1.807) is 13.1 Å². The first-order chi connectivity index (χ1) is 13.3. The fourth-order valence-corrected chi connectivity index (χ4v) is 3.71. The van der Waals surface area contributed by atoms with E-state index in [0.29, 0.717) is 10.8 Å². The lowest BCUT2D eigenvalue weighted by Crippen LogP contribution is -2.23. The second-order valence-electron chi connectivity index (χ2n) is 5.73. The predicted molar refractivity (Wildman–Crippen MR) is 113 cm³/mol. The summed E-state index contributed by atoms with van der Waals surface area (Å²) in [6.45, 7) is 1.75. The number of amides is 1. The van der Waals surface area contributed by atoms with Crippen LogP contribution in [0.3, 0.4) is 0 Å². The standard InChI is InChI=1S/C18H14BrClN4O3S/c1-11(17(25)22-16-7-6-14(24(26)27)10-15(16)20)28-18-21-8-9-23(18)13-4-2-12(19)3-5-13/h2-11H,1H3,(H,22,25). The highest BCUT2D eigenvalue weighted by Gasteiger charge is 2.19. The molecule has 0 radical (unpaired) electrons. The Bertz CT molecular complexity index is 1030. The summed E-state index contributed by atoms with van der Waals surface area (Å²) >= 11 is 10.7. The van der Waals surface area contributed by atoms with Crippen LogP contribution >= 0.6 is 39.3 Å². The average Bonchev–Trinajstić information content (AvgIpc) is 3.11. The molecule has 0 bridgehead atoms. The Kier molecular flexibility index (Phi) is 6.38. The first-order valence-electron chi connectivity index (χ1n) is 8.06. The van der Waals surface area contributed by atoms with Crippen LogP contribution in [0.4, 0.5) is 11.4 Å². The minimum atomic E-state index is -0.544. The third kappa shape index (κ3) is 4.73. The molecule has 0 aliphatic rings. The summed E-state index contributed by atoms with van der Waals surface area (Å²) in [6, 6.07) is 11.6. The smallest absolute Gasteiger partial charge is 0.271 e. The van der Waals surface area contributed by atoms with Crippen molar-refractivity contribution in [2.45, 2.75) is 17.3 Å². The number of carbonyl (C=O) groups is 1. The molecule has 1 N–H and O–H groups in total. The quantitative estimate of drug-likeness (QED) is 0.292. The molecule has 10 heteroatoms. The van der Waals surface area contributed by atoms with Crippen LogP contribution < -0.4 is 5.32 Å². The molecule has 2 aromatic carbocycles. The van der Waals surface area contributed by atoms with E-state index in [1.807, 2.05) is 35.0 Å². The van der Waals surface area contributed by atoms with Crippen LogP contribution in [0.15, 0.2) is 64.5 Å². The molecule has 0 saturated carbocycles. The molecule has 1 heterocycles. The average molecular weight is 482 g/mol. The summed E-state index contributed by atoms with van der Waals surface area (Å²) in [5, 5.41) is 13.8. The fraction of sp³-hybridized carbons (Fsp3) is 0.111. The van der Waals surface area contributed by atoms with Gasteiger partial charge in [0.1, 0.15) is 0 Å². The number of anilines is 1. The number of nitro groups is 1. The molecular weight excluding hydrogens is 468 g/mol. The van der Waals surface area contributed by atoms with Crippen molar-refractivity contribution >= 4 is 56.6 Å². The van der Waals surface area contributed by atoms with Crippen molar-refractivity contribution in [3.63, 3.8) is 0 Å². The van der Waals surface area contributed by atoms with Crippen molar-refractivity contribution in [1.82, 2.24) is 9.55 Å². The molecular formula is C18H14BrClN4O3S. The normalized spacial score (nSPS) is 11.8. The summed E-state index contributed by atoms with van der Waals surface area (Å²) in [5.41, 5.74) is 1.11. The molecule has 0 spiro atoms. The fourth-order valence-electron chi connectivity index (χ4n) is 2.34. The van der Waals surface area contributed by atoms with Crippen molar-refractivity contribution < 1.29 is 9.72 Å². The first kappa shape index (κ1) is 20.4. The van der Waals surface area contributed by atoms with E-state index in [4.69, 9.17) is 11.6 Å². The van der Waals surface area contributed by atoms with E-state index < -0.39 is 10.2 Å². The van der Waals surface area contributed by atoms with Gasteiger partial charge in [0, 0.05) is 34.7 Å². The molecule has 1 aromatic heterocycles. The van der Waals surface area contributed by atoms with Crippen LogP contribution in [0, 0.1) is 10.1 Å². The lowest BCUT2D eigenvalue weighted by atomic mass is 10.2. The van der Waals surface area contributed by atoms with E-state index >= 15 is 0 Å². The summed E-state index contributed by atoms with van der Waals surface area (Å²) in [4.78, 5) is 27.1. The van der Waals surface area contributed by atoms with Gasteiger partial charge in [-0.2, -0.15) is 0 Å². The van der Waals surface area contributed by atoms with Gasteiger partial charge in [0.05, 0.1) is 20.9 Å². The first-order valence-corrected chi connectivity index (χ1v) is 10.1. The molecule has 3 rings (SSSR count). The molecule has 1 amide bonds. The minimum absolute atomic E-state index is 0.108. The zero-order valence-corrected chi connectivity index (χ0v) is 17.7. The Labute approximate surface area is 178 Å². The second-order valence-corrected chi connectivity index (χ2v) is 8.36. The lowest BCUT2D eigenvalue weighted by molar-refractivity contribution is -0.384. The summed E-state index contributed by atoms with van der Waals surface area (Å²) in [5.74, 6) is -0.286. The number of thioether (sulfide) groups is 1. The number of hydrogen-bond donors (Lipinski definition) is 1. The molecule has 0 aliphatic heterocycles. The highest BCUT2D eigenvalue weighted by Crippen LogP contribution is 2.29. The molecule has 3 aromatic rings. The van der Waals surface area contributed by atoms with Crippen molar-refractivity contribution in [2.24, 2.45) is 0 Å². The number of halogens is 2. The van der Waals surface area contributed by atoms with Gasteiger partial charge in [-0.25, -0.2) is 4.98 Å². The molecule has 0 aliphatic carbocycles. The molecule has 7 nitrogen and oxygen atoms in total. The van der Waals surface area contributed by atoms with Crippen molar-refractivity contribution in [3.8, 4) is 5.69 Å². The Morgan fingerprint density at radius 3 is 2.68 bits per heavy atom. The van der Waals surface area contributed by atoms with Crippen LogP contribution in [-0.4, -0.2) is 25.6 Å². The SMILES string of the molecule is CC(Sc1nccn1-c1ccc(Br)cc1)C(=O)Nc1ccc([N+](=O)[O-])cc1Cl. The van der Waals surface area contributed by atoms with Crippen molar-refractivity contribution in [3.05, 3.63) is 74.5 Å². The number of nitro benzene ring substituents is 1. The third-order valence-electron chi connectivity index (χ3n) is 3.78. The topological polar surface area (TPSA) is 90.1 Å². The van der Waals surface area contributed by atoms with E-state index in [-0.39, 0.29) is 16.6 Å². The largest absolute Gasteiger partial charge is 0.324 e. The predicted octanol–water partition coefficient (Wildman–Crippen LogP) is 5.32. The van der Waals surface area contributed by atoms with Gasteiger partial charge in [-0.3, -0.25) is 19.5 Å². The number of nitrogens with zero attached hydrogens (tertiary/aromatic N) is 3. The molecule has 28 heavy (non-hydrogen) atoms. The van der Waals surface area contributed by atoms with Gasteiger partial charge in [0.15, 0.2) is 5.16 Å². The molecule has 1 atom stereocenters. The molecule has 144 valence electrons. The number of nitrogens with one attached hydrogen (secondary N) is 1. The zero-order valence-electron chi connectivity index (χ0n) is 14.5. The van der Waals surface area contributed by atoms with Crippen LogP contribution in [0.2, 0.25) is 5.02 Å². The maximum Gasteiger partial charge on any atom is 0.271 e. The Balaban J connectivity index is 1.71. The molecule has 0 saturated heterocycles. The number of aromatic nitrogens is 2. The number of rotatable bonds is 6. The Morgan fingerprint density at radius 1 is 1.32 bits per heavy atom. The summed E-state index contributed by atoms with van der Waals surface area (Å²) in [6.07, 6.45) is 3.49. The number of benzene rings is 2. The third-order valence-corrected chi connectivity index (χ3v) is 5.71. The maximum atomic E-state index is 12.5. The van der Waals surface area contributed by atoms with Crippen LogP contribution in [-0.2, 0) is 4.79 Å². The molecule has 0 fully saturated rings. The van der Waals surface area contributed by atoms with Crippen molar-refractivity contribution in [2.75, 3.05) is 5.32 Å². The monoisotopic (exact) mass is 480 g/mol.